The molecule has 1 fully saturated rings. The minimum atomic E-state index is -1.26. The highest BCUT2D eigenvalue weighted by Gasteiger charge is 2.48. The van der Waals surface area contributed by atoms with E-state index in [0.29, 0.717) is 18.9 Å². The van der Waals surface area contributed by atoms with Gasteiger partial charge in [0.2, 0.25) is 0 Å². The first-order chi connectivity index (χ1) is 11.4. The largest absolute Gasteiger partial charge is 0.491 e. The number of hydrogen-bond acceptors (Lipinski definition) is 3. The van der Waals surface area contributed by atoms with Crippen LogP contribution < -0.4 is 10.1 Å². The molecule has 0 radical (unpaired) electrons. The Balaban J connectivity index is 1.71. The highest BCUT2D eigenvalue weighted by molar-refractivity contribution is 5.85. The molecular formula is C20H29NO3. The monoisotopic (exact) mass is 331 g/mol. The van der Waals surface area contributed by atoms with Gasteiger partial charge in [0.15, 0.2) is 0 Å². The fourth-order valence-electron chi connectivity index (χ4n) is 4.36. The zero-order chi connectivity index (χ0) is 17.3. The van der Waals surface area contributed by atoms with Gasteiger partial charge in [0, 0.05) is 0 Å². The molecule has 2 unspecified atom stereocenters. The first-order valence-corrected chi connectivity index (χ1v) is 9.14. The molecule has 0 aromatic heterocycles. The van der Waals surface area contributed by atoms with E-state index < -0.39 is 5.60 Å². The SMILES string of the molecule is CC1CCC(C(C)C)[C@@](O)(C(=O)N[C@@H]2COc3ccccc3C2)C1. The van der Waals surface area contributed by atoms with Gasteiger partial charge in [-0.3, -0.25) is 4.79 Å². The second kappa shape index (κ2) is 6.75. The van der Waals surface area contributed by atoms with Crippen LogP contribution >= 0.6 is 0 Å². The van der Waals surface area contributed by atoms with Gasteiger partial charge in [-0.2, -0.15) is 0 Å². The minimum absolute atomic E-state index is 0.0190. The van der Waals surface area contributed by atoms with Crippen molar-refractivity contribution in [3.8, 4) is 5.75 Å². The molecule has 1 aromatic carbocycles. The van der Waals surface area contributed by atoms with E-state index in [1.807, 2.05) is 24.3 Å². The van der Waals surface area contributed by atoms with E-state index >= 15 is 0 Å². The zero-order valence-corrected chi connectivity index (χ0v) is 14.9. The maximum absolute atomic E-state index is 12.9. The normalized spacial score (nSPS) is 32.8. The second-order valence-corrected chi connectivity index (χ2v) is 7.95. The van der Waals surface area contributed by atoms with Crippen LogP contribution in [-0.2, 0) is 11.2 Å². The molecule has 1 aliphatic carbocycles. The molecule has 132 valence electrons. The van der Waals surface area contributed by atoms with Crippen molar-refractivity contribution in [3.05, 3.63) is 29.8 Å². The standard InChI is InChI=1S/C20H29NO3/c1-13(2)17-9-8-14(3)11-20(17,23)19(22)21-16-10-15-6-4-5-7-18(15)24-12-16/h4-7,13-14,16-17,23H,8-12H2,1-3H3,(H,21,22)/t14?,16-,17?,20+/m0/s1. The van der Waals surface area contributed by atoms with Crippen LogP contribution in [0, 0.1) is 17.8 Å². The summed E-state index contributed by atoms with van der Waals surface area (Å²) < 4.78 is 5.76. The number of fused-ring (bicyclic) bond motifs is 1. The molecule has 4 nitrogen and oxygen atoms in total. The second-order valence-electron chi connectivity index (χ2n) is 7.95. The number of para-hydroxylation sites is 1. The molecule has 0 spiro atoms. The lowest BCUT2D eigenvalue weighted by Crippen LogP contribution is -2.59. The number of nitrogens with one attached hydrogen (secondary N) is 1. The van der Waals surface area contributed by atoms with Crippen molar-refractivity contribution < 1.29 is 14.6 Å². The Morgan fingerprint density at radius 2 is 2.08 bits per heavy atom. The van der Waals surface area contributed by atoms with Crippen LogP contribution in [0.1, 0.15) is 45.6 Å². The molecule has 4 atom stereocenters. The Bertz CT molecular complexity index is 600. The van der Waals surface area contributed by atoms with Crippen molar-refractivity contribution >= 4 is 5.91 Å². The number of benzene rings is 1. The summed E-state index contributed by atoms with van der Waals surface area (Å²) in [5, 5.41) is 14.3. The summed E-state index contributed by atoms with van der Waals surface area (Å²) >= 11 is 0. The number of amides is 1. The number of hydrogen-bond donors (Lipinski definition) is 2. The smallest absolute Gasteiger partial charge is 0.252 e. The highest BCUT2D eigenvalue weighted by atomic mass is 16.5. The van der Waals surface area contributed by atoms with E-state index in [4.69, 9.17) is 4.74 Å². The molecule has 4 heteroatoms. The van der Waals surface area contributed by atoms with Gasteiger partial charge < -0.3 is 15.2 Å². The molecule has 2 N–H and O–H groups in total. The summed E-state index contributed by atoms with van der Waals surface area (Å²) in [6.45, 7) is 6.77. The highest BCUT2D eigenvalue weighted by Crippen LogP contribution is 2.41. The number of ether oxygens (including phenoxy) is 1. The van der Waals surface area contributed by atoms with Crippen LogP contribution in [0.25, 0.3) is 0 Å². The van der Waals surface area contributed by atoms with Gasteiger partial charge in [-0.05, 0) is 48.6 Å². The van der Waals surface area contributed by atoms with E-state index in [0.717, 1.165) is 30.6 Å². The van der Waals surface area contributed by atoms with E-state index in [1.165, 1.54) is 0 Å². The molecule has 1 aliphatic heterocycles. The van der Waals surface area contributed by atoms with E-state index in [2.05, 4.69) is 26.1 Å². The maximum Gasteiger partial charge on any atom is 0.252 e. The summed E-state index contributed by atoms with van der Waals surface area (Å²) in [7, 11) is 0. The van der Waals surface area contributed by atoms with Crippen LogP contribution in [0.15, 0.2) is 24.3 Å². The van der Waals surface area contributed by atoms with Crippen LogP contribution in [0.3, 0.4) is 0 Å². The molecule has 0 saturated heterocycles. The van der Waals surface area contributed by atoms with E-state index in [9.17, 15) is 9.90 Å². The van der Waals surface area contributed by atoms with Crippen LogP contribution in [0.2, 0.25) is 0 Å². The molecule has 1 saturated carbocycles. The quantitative estimate of drug-likeness (QED) is 0.895. The van der Waals surface area contributed by atoms with Crippen molar-refractivity contribution in [3.63, 3.8) is 0 Å². The first-order valence-electron chi connectivity index (χ1n) is 9.14. The number of aliphatic hydroxyl groups is 1. The summed E-state index contributed by atoms with van der Waals surface area (Å²) in [6, 6.07) is 7.84. The average Bonchev–Trinajstić information content (AvgIpc) is 2.54. The summed E-state index contributed by atoms with van der Waals surface area (Å²) in [5.41, 5.74) is -0.151. The van der Waals surface area contributed by atoms with Crippen LogP contribution in [-0.4, -0.2) is 29.3 Å². The fraction of sp³-hybridized carbons (Fsp3) is 0.650. The lowest BCUT2D eigenvalue weighted by molar-refractivity contribution is -0.156. The predicted octanol–water partition coefficient (Wildman–Crippen LogP) is 2.93. The average molecular weight is 331 g/mol. The van der Waals surface area contributed by atoms with E-state index in [-0.39, 0.29) is 23.8 Å². The van der Waals surface area contributed by atoms with Crippen molar-refractivity contribution in [2.45, 2.75) is 58.1 Å². The molecule has 3 rings (SSSR count). The van der Waals surface area contributed by atoms with Crippen LogP contribution in [0.5, 0.6) is 5.75 Å². The summed E-state index contributed by atoms with van der Waals surface area (Å²) in [4.78, 5) is 12.9. The van der Waals surface area contributed by atoms with Crippen molar-refractivity contribution in [2.75, 3.05) is 6.61 Å². The molecular weight excluding hydrogens is 302 g/mol. The number of carbonyl (C=O) groups excluding carboxylic acids is 1. The third kappa shape index (κ3) is 3.30. The third-order valence-corrected chi connectivity index (χ3v) is 5.66. The summed E-state index contributed by atoms with van der Waals surface area (Å²) in [5.74, 6) is 1.36. The Hall–Kier alpha value is -1.55. The fourth-order valence-corrected chi connectivity index (χ4v) is 4.36. The lowest BCUT2D eigenvalue weighted by atomic mass is 9.66. The Labute approximate surface area is 144 Å². The van der Waals surface area contributed by atoms with Crippen molar-refractivity contribution in [1.29, 1.82) is 0 Å². The molecule has 0 bridgehead atoms. The van der Waals surface area contributed by atoms with Gasteiger partial charge in [0.25, 0.3) is 5.91 Å². The molecule has 1 aromatic rings. The Morgan fingerprint density at radius 1 is 1.33 bits per heavy atom. The molecule has 2 aliphatic rings. The molecule has 24 heavy (non-hydrogen) atoms. The first kappa shape index (κ1) is 17.3. The summed E-state index contributed by atoms with van der Waals surface area (Å²) in [6.07, 6.45) is 3.29. The van der Waals surface area contributed by atoms with Crippen LogP contribution in [0.4, 0.5) is 0 Å². The maximum atomic E-state index is 12.9. The van der Waals surface area contributed by atoms with Gasteiger partial charge in [0.05, 0.1) is 6.04 Å². The minimum Gasteiger partial charge on any atom is -0.491 e. The Morgan fingerprint density at radius 3 is 2.83 bits per heavy atom. The Kier molecular flexibility index (Phi) is 4.86. The van der Waals surface area contributed by atoms with Gasteiger partial charge in [-0.1, -0.05) is 45.4 Å². The van der Waals surface area contributed by atoms with Crippen molar-refractivity contribution in [2.24, 2.45) is 17.8 Å². The predicted molar refractivity (Wildman–Crippen MR) is 93.9 cm³/mol. The van der Waals surface area contributed by atoms with Gasteiger partial charge in [0.1, 0.15) is 18.0 Å². The van der Waals surface area contributed by atoms with Gasteiger partial charge in [-0.15, -0.1) is 0 Å². The van der Waals surface area contributed by atoms with E-state index in [1.54, 1.807) is 0 Å². The van der Waals surface area contributed by atoms with Crippen molar-refractivity contribution in [1.82, 2.24) is 5.32 Å². The number of carbonyl (C=O) groups is 1. The molecule has 1 heterocycles. The van der Waals surface area contributed by atoms with Gasteiger partial charge in [-0.25, -0.2) is 0 Å². The topological polar surface area (TPSA) is 58.6 Å². The van der Waals surface area contributed by atoms with Gasteiger partial charge >= 0.3 is 0 Å². The molecule has 1 amide bonds. The third-order valence-electron chi connectivity index (χ3n) is 5.66. The zero-order valence-electron chi connectivity index (χ0n) is 14.9. The number of rotatable bonds is 3. The lowest BCUT2D eigenvalue weighted by Gasteiger charge is -2.44.